The van der Waals surface area contributed by atoms with Gasteiger partial charge in [0.1, 0.15) is 0 Å². The number of nitrogens with one attached hydrogen (secondary N) is 1. The van der Waals surface area contributed by atoms with Crippen LogP contribution in [0.5, 0.6) is 0 Å². The van der Waals surface area contributed by atoms with E-state index in [0.29, 0.717) is 6.07 Å². The van der Waals surface area contributed by atoms with Gasteiger partial charge in [0.15, 0.2) is 0 Å². The van der Waals surface area contributed by atoms with E-state index in [-0.39, 0.29) is 44.6 Å². The molecule has 0 bridgehead atoms. The Kier molecular flexibility index (Phi) is 9.30. The Hall–Kier alpha value is -2.36. The van der Waals surface area contributed by atoms with Crippen molar-refractivity contribution in [1.82, 2.24) is 14.5 Å². The number of piperazine rings is 1. The van der Waals surface area contributed by atoms with Crippen molar-refractivity contribution < 1.29 is 35.2 Å². The minimum atomic E-state index is -4.64. The number of sulfonamides is 1. The lowest BCUT2D eigenvalue weighted by Crippen LogP contribution is -2.67. The minimum absolute atomic E-state index is 0.00689. The number of hydrogen-bond donors (Lipinski definition) is 2. The van der Waals surface area contributed by atoms with E-state index in [2.05, 4.69) is 15.4 Å². The average Bonchev–Trinajstić information content (AvgIpc) is 2.86. The summed E-state index contributed by atoms with van der Waals surface area (Å²) in [4.78, 5) is 18.6. The normalized spacial score (nSPS) is 22.1. The van der Waals surface area contributed by atoms with Gasteiger partial charge in [0.2, 0.25) is 11.0 Å². The molecule has 1 heterocycles. The summed E-state index contributed by atoms with van der Waals surface area (Å²) in [6, 6.07) is 1.63. The van der Waals surface area contributed by atoms with Gasteiger partial charge in [-0.2, -0.15) is 22.6 Å². The minimum Gasteiger partial charge on any atom is -0.348 e. The molecule has 16 heteroatoms. The zero-order valence-corrected chi connectivity index (χ0v) is 22.9. The smallest absolute Gasteiger partial charge is 0.348 e. The second kappa shape index (κ2) is 11.6. The van der Waals surface area contributed by atoms with Crippen LogP contribution in [0.1, 0.15) is 48.5 Å². The number of carbonyl (C=O) groups excluding carboxylic acids is 1. The van der Waals surface area contributed by atoms with Gasteiger partial charge < -0.3 is 11.2 Å². The van der Waals surface area contributed by atoms with Crippen LogP contribution in [-0.2, 0) is 16.2 Å². The first-order chi connectivity index (χ1) is 18.1. The third-order valence-electron chi connectivity index (χ3n) is 7.38. The summed E-state index contributed by atoms with van der Waals surface area (Å²) in [6.45, 7) is 2.02. The molecule has 1 aromatic rings. The van der Waals surface area contributed by atoms with Crippen LogP contribution in [0.25, 0.3) is 0 Å². The molecule has 3 N–H and O–H groups in total. The van der Waals surface area contributed by atoms with Gasteiger partial charge in [0, 0.05) is 57.6 Å². The molecule has 1 unspecified atom stereocenters. The van der Waals surface area contributed by atoms with Gasteiger partial charge in [-0.3, -0.25) is 14.7 Å². The highest BCUT2D eigenvalue weighted by molar-refractivity contribution is 8.06. The number of carbonyl (C=O) groups is 1. The van der Waals surface area contributed by atoms with Gasteiger partial charge in [0.05, 0.1) is 22.4 Å². The van der Waals surface area contributed by atoms with Crippen LogP contribution in [0.3, 0.4) is 0 Å². The van der Waals surface area contributed by atoms with Gasteiger partial charge in [-0.25, -0.2) is 17.2 Å². The lowest BCUT2D eigenvalue weighted by molar-refractivity contribution is -0.137. The van der Waals surface area contributed by atoms with Crippen LogP contribution in [0, 0.1) is 0 Å². The average molecular weight is 601 g/mol. The third-order valence-corrected chi connectivity index (χ3v) is 9.48. The molecule has 1 aliphatic heterocycles. The number of rotatable bonds is 6. The molecule has 0 spiro atoms. The number of alkyl halides is 5. The Labute approximate surface area is 228 Å². The van der Waals surface area contributed by atoms with E-state index in [1.165, 1.54) is 11.4 Å². The van der Waals surface area contributed by atoms with Crippen LogP contribution in [0.2, 0.25) is 5.02 Å². The van der Waals surface area contributed by atoms with Gasteiger partial charge in [-0.1, -0.05) is 11.6 Å². The summed E-state index contributed by atoms with van der Waals surface area (Å²) in [7, 11) is -2.66. The van der Waals surface area contributed by atoms with Gasteiger partial charge >= 0.3 is 6.18 Å². The van der Waals surface area contributed by atoms with Crippen molar-refractivity contribution in [2.75, 3.05) is 33.2 Å². The van der Waals surface area contributed by atoms with Gasteiger partial charge in [-0.05, 0) is 38.0 Å². The molecule has 9 nitrogen and oxygen atoms in total. The highest BCUT2D eigenvalue weighted by Gasteiger charge is 2.51. The summed E-state index contributed by atoms with van der Waals surface area (Å²) in [5.41, 5.74) is -2.15. The maximum atomic E-state index is 14.2. The van der Waals surface area contributed by atoms with E-state index in [4.69, 9.17) is 17.4 Å². The fourth-order valence-corrected chi connectivity index (χ4v) is 6.69. The number of aliphatic imine (C=N–C) groups is 1. The van der Waals surface area contributed by atoms with Crippen LogP contribution in [-0.4, -0.2) is 85.5 Å². The Morgan fingerprint density at radius 1 is 1.15 bits per heavy atom. The topological polar surface area (TPSA) is 120 Å². The van der Waals surface area contributed by atoms with Crippen LogP contribution < -0.4 is 11.2 Å². The van der Waals surface area contributed by atoms with Crippen molar-refractivity contribution in [2.24, 2.45) is 15.9 Å². The summed E-state index contributed by atoms with van der Waals surface area (Å²) in [5.74, 6) is 1.58. The third kappa shape index (κ3) is 6.69. The molecule has 2 aliphatic rings. The molecule has 0 aromatic heterocycles. The molecule has 218 valence electrons. The zero-order chi connectivity index (χ0) is 29.2. The Morgan fingerprint density at radius 3 is 2.23 bits per heavy atom. The summed E-state index contributed by atoms with van der Waals surface area (Å²) in [5, 5.41) is 5.22. The molecule has 1 amide bonds. The first-order valence-electron chi connectivity index (χ1n) is 12.1. The highest BCUT2D eigenvalue weighted by Crippen LogP contribution is 2.44. The molecule has 0 radical (unpaired) electrons. The molecule has 3 rings (SSSR count). The van der Waals surface area contributed by atoms with E-state index in [1.54, 1.807) is 6.92 Å². The predicted molar refractivity (Wildman–Crippen MR) is 138 cm³/mol. The molecule has 39 heavy (non-hydrogen) atoms. The number of hydrazone groups is 1. The number of nitrogens with zero attached hydrogens (tertiary/aromatic N) is 4. The van der Waals surface area contributed by atoms with E-state index < -0.39 is 68.1 Å². The Balaban J connectivity index is 1.82. The van der Waals surface area contributed by atoms with E-state index >= 15 is 0 Å². The number of halogens is 6. The zero-order valence-electron chi connectivity index (χ0n) is 21.3. The fourth-order valence-electron chi connectivity index (χ4n) is 5.14. The van der Waals surface area contributed by atoms with E-state index in [9.17, 15) is 35.2 Å². The Bertz CT molecular complexity index is 1220. The van der Waals surface area contributed by atoms with Crippen molar-refractivity contribution in [3.05, 3.63) is 34.3 Å². The second-order valence-electron chi connectivity index (χ2n) is 9.59. The van der Waals surface area contributed by atoms with Crippen molar-refractivity contribution in [3.8, 4) is 0 Å². The predicted octanol–water partition coefficient (Wildman–Crippen LogP) is 3.35. The van der Waals surface area contributed by atoms with Gasteiger partial charge in [0.25, 0.3) is 15.9 Å². The summed E-state index contributed by atoms with van der Waals surface area (Å²) in [6.07, 6.45) is -4.48. The number of nitrogens with two attached hydrogens (primary N) is 1. The molecule has 1 saturated carbocycles. The monoisotopic (exact) mass is 600 g/mol. The maximum absolute atomic E-state index is 14.2. The SMILES string of the molecule is CN=C/C(=N/N)S(=O)(=O)N1CCN(C2(C(C)NC(=O)c3ccc(C(F)(F)F)cc3Cl)CCC(F)(F)CC2)CC1. The Morgan fingerprint density at radius 2 is 1.74 bits per heavy atom. The largest absolute Gasteiger partial charge is 0.416 e. The number of hydrogen-bond acceptors (Lipinski definition) is 7. The van der Waals surface area contributed by atoms with Gasteiger partial charge in [-0.15, -0.1) is 0 Å². The molecule has 1 atom stereocenters. The molecule has 1 aromatic carbocycles. The van der Waals surface area contributed by atoms with Crippen molar-refractivity contribution in [2.45, 2.75) is 56.3 Å². The van der Waals surface area contributed by atoms with Crippen LogP contribution in [0.4, 0.5) is 22.0 Å². The molecule has 2 fully saturated rings. The molecular weight excluding hydrogens is 571 g/mol. The first kappa shape index (κ1) is 31.2. The van der Waals surface area contributed by atoms with E-state index in [0.717, 1.165) is 18.3 Å². The summed E-state index contributed by atoms with van der Waals surface area (Å²) >= 11 is 5.98. The van der Waals surface area contributed by atoms with Crippen LogP contribution >= 0.6 is 11.6 Å². The molecule has 1 saturated heterocycles. The lowest BCUT2D eigenvalue weighted by atomic mass is 9.73. The van der Waals surface area contributed by atoms with Crippen molar-refractivity contribution in [1.29, 1.82) is 0 Å². The molecular formula is C23H30ClF5N6O3S. The number of amides is 1. The molecule has 1 aliphatic carbocycles. The standard InChI is InChI=1S/C23H30ClF5N6O3S/c1-15(32-20(36)17-4-3-16(13-18(17)24)23(27,28)29)21(5-7-22(25,26)8-6-21)34-9-11-35(12-10-34)39(37,38)19(33-30)14-31-2/h3-4,13-15H,5-12,30H2,1-2H3,(H,32,36)/b31-14?,33-19-. The maximum Gasteiger partial charge on any atom is 0.416 e. The van der Waals surface area contributed by atoms with Crippen LogP contribution in [0.15, 0.2) is 28.3 Å². The quantitative estimate of drug-likeness (QED) is 0.171. The highest BCUT2D eigenvalue weighted by atomic mass is 35.5. The fraction of sp³-hybridized carbons (Fsp3) is 0.609. The van der Waals surface area contributed by atoms with Crippen molar-refractivity contribution >= 4 is 38.8 Å². The van der Waals surface area contributed by atoms with E-state index in [1.807, 2.05) is 4.90 Å². The second-order valence-corrected chi connectivity index (χ2v) is 11.9. The first-order valence-corrected chi connectivity index (χ1v) is 13.9. The van der Waals surface area contributed by atoms with Crippen molar-refractivity contribution in [3.63, 3.8) is 0 Å². The number of benzene rings is 1. The summed E-state index contributed by atoms with van der Waals surface area (Å²) < 4.78 is 94.2. The lowest BCUT2D eigenvalue weighted by Gasteiger charge is -2.53.